The summed E-state index contributed by atoms with van der Waals surface area (Å²) in [4.78, 5) is 28.5. The smallest absolute Gasteiger partial charge is 0.246 e. The summed E-state index contributed by atoms with van der Waals surface area (Å²) in [6, 6.07) is 9.75. The molecule has 5 atom stereocenters. The Morgan fingerprint density at radius 2 is 1.84 bits per heavy atom. The van der Waals surface area contributed by atoms with Crippen LogP contribution in [-0.2, 0) is 9.59 Å². The lowest BCUT2D eigenvalue weighted by Gasteiger charge is -2.38. The third-order valence-electron chi connectivity index (χ3n) is 6.73. The molecule has 1 saturated carbocycles. The van der Waals surface area contributed by atoms with E-state index in [4.69, 9.17) is 17.5 Å². The fourth-order valence-corrected chi connectivity index (χ4v) is 5.01. The van der Waals surface area contributed by atoms with Crippen molar-refractivity contribution in [2.75, 3.05) is 11.9 Å². The molecule has 172 valence electrons. The van der Waals surface area contributed by atoms with Crippen LogP contribution in [0.15, 0.2) is 30.3 Å². The van der Waals surface area contributed by atoms with Crippen molar-refractivity contribution in [3.8, 4) is 6.07 Å². The van der Waals surface area contributed by atoms with Crippen LogP contribution >= 0.6 is 12.2 Å². The van der Waals surface area contributed by atoms with Gasteiger partial charge in [0.05, 0.1) is 6.07 Å². The molecular weight excluding hydrogens is 422 g/mol. The van der Waals surface area contributed by atoms with Crippen LogP contribution in [0.4, 0.5) is 5.69 Å². The minimum atomic E-state index is -0.615. The summed E-state index contributed by atoms with van der Waals surface area (Å²) in [5, 5.41) is 18.5. The minimum absolute atomic E-state index is 0.00346. The molecule has 8 heteroatoms. The average molecular weight is 456 g/mol. The second-order valence-corrected chi connectivity index (χ2v) is 10.9. The second kappa shape index (κ2) is 8.70. The molecule has 1 aromatic carbocycles. The number of carbonyl (C=O) groups excluding carboxylic acids is 2. The Morgan fingerprint density at radius 3 is 2.41 bits per heavy atom. The number of hydrogen-bond acceptors (Lipinski definition) is 4. The van der Waals surface area contributed by atoms with Gasteiger partial charge >= 0.3 is 0 Å². The summed E-state index contributed by atoms with van der Waals surface area (Å²) >= 11 is 5.49. The van der Waals surface area contributed by atoms with Crippen molar-refractivity contribution in [2.24, 2.45) is 22.7 Å². The zero-order valence-electron chi connectivity index (χ0n) is 19.6. The summed E-state index contributed by atoms with van der Waals surface area (Å²) in [5.41, 5.74) is 0.392. The third-order valence-corrected chi connectivity index (χ3v) is 6.95. The molecule has 1 aliphatic heterocycles. The number of likely N-dealkylation sites (tertiary alicyclic amines) is 1. The predicted molar refractivity (Wildman–Crippen MR) is 129 cm³/mol. The molecule has 3 rings (SSSR count). The highest BCUT2D eigenvalue weighted by Crippen LogP contribution is 2.65. The van der Waals surface area contributed by atoms with Crippen molar-refractivity contribution >= 4 is 34.8 Å². The zero-order valence-corrected chi connectivity index (χ0v) is 20.4. The molecular formula is C24H33N5O2S. The van der Waals surface area contributed by atoms with Gasteiger partial charge in [0.2, 0.25) is 11.8 Å². The summed E-state index contributed by atoms with van der Waals surface area (Å²) < 4.78 is 0. The van der Waals surface area contributed by atoms with E-state index in [1.54, 1.807) is 11.8 Å². The van der Waals surface area contributed by atoms with E-state index in [2.05, 4.69) is 29.8 Å². The molecule has 2 amide bonds. The first kappa shape index (κ1) is 24.0. The largest absolute Gasteiger partial charge is 0.350 e. The van der Waals surface area contributed by atoms with E-state index in [1.807, 2.05) is 57.2 Å². The summed E-state index contributed by atoms with van der Waals surface area (Å²) in [6.45, 7) is 12.4. The van der Waals surface area contributed by atoms with Gasteiger partial charge in [0, 0.05) is 12.2 Å². The molecule has 32 heavy (non-hydrogen) atoms. The Labute approximate surface area is 195 Å². The first-order chi connectivity index (χ1) is 14.9. The fourth-order valence-electron chi connectivity index (χ4n) is 4.78. The molecule has 2 aliphatic rings. The number of thiocarbonyl (C=S) groups is 1. The molecule has 0 bridgehead atoms. The van der Waals surface area contributed by atoms with Crippen molar-refractivity contribution in [1.82, 2.24) is 15.5 Å². The van der Waals surface area contributed by atoms with Crippen molar-refractivity contribution in [1.29, 1.82) is 5.26 Å². The lowest BCUT2D eigenvalue weighted by molar-refractivity contribution is -0.143. The average Bonchev–Trinajstić information content (AvgIpc) is 3.05. The Hall–Kier alpha value is -2.66. The standard InChI is InChI=1S/C24H33N5O2S/c1-14(12-25)26-20(30)18-17-16(24(17,5)6)13-29(18)21(31)19(23(2,3)4)28-22(32)27-15-10-8-7-9-11-15/h7-11,14,16-19H,13H2,1-6H3,(H,26,30)(H2,27,28,32)/t14-,16-,17-,18-,19+/m0/s1. The van der Waals surface area contributed by atoms with Crippen molar-refractivity contribution in [3.63, 3.8) is 0 Å². The Balaban J connectivity index is 1.80. The molecule has 7 nitrogen and oxygen atoms in total. The maximum atomic E-state index is 13.8. The molecule has 1 aromatic rings. The van der Waals surface area contributed by atoms with Gasteiger partial charge in [-0.15, -0.1) is 0 Å². The predicted octanol–water partition coefficient (Wildman–Crippen LogP) is 2.90. The van der Waals surface area contributed by atoms with Crippen LogP contribution in [0.5, 0.6) is 0 Å². The normalized spacial score (nSPS) is 25.0. The van der Waals surface area contributed by atoms with E-state index in [0.29, 0.717) is 11.7 Å². The maximum Gasteiger partial charge on any atom is 0.246 e. The molecule has 0 aromatic heterocycles. The lowest BCUT2D eigenvalue weighted by atomic mass is 9.85. The van der Waals surface area contributed by atoms with Crippen LogP contribution in [0.25, 0.3) is 0 Å². The number of carbonyl (C=O) groups is 2. The number of nitrogens with zero attached hydrogens (tertiary/aromatic N) is 2. The Kier molecular flexibility index (Phi) is 6.52. The van der Waals surface area contributed by atoms with E-state index >= 15 is 0 Å². The van der Waals surface area contributed by atoms with E-state index in [1.165, 1.54) is 0 Å². The van der Waals surface area contributed by atoms with Gasteiger partial charge in [0.15, 0.2) is 5.11 Å². The van der Waals surface area contributed by atoms with Crippen LogP contribution < -0.4 is 16.0 Å². The van der Waals surface area contributed by atoms with E-state index in [-0.39, 0.29) is 29.1 Å². The van der Waals surface area contributed by atoms with Gasteiger partial charge in [0.1, 0.15) is 18.1 Å². The van der Waals surface area contributed by atoms with Crippen LogP contribution in [0.2, 0.25) is 0 Å². The first-order valence-electron chi connectivity index (χ1n) is 11.0. The number of nitriles is 1. The molecule has 0 spiro atoms. The molecule has 3 N–H and O–H groups in total. The van der Waals surface area contributed by atoms with Crippen LogP contribution in [0, 0.1) is 34.0 Å². The van der Waals surface area contributed by atoms with Gasteiger partial charge in [-0.1, -0.05) is 52.8 Å². The minimum Gasteiger partial charge on any atom is -0.350 e. The number of piperidine rings is 1. The highest BCUT2D eigenvalue weighted by atomic mass is 32.1. The number of amides is 2. The number of rotatable bonds is 5. The van der Waals surface area contributed by atoms with Gasteiger partial charge in [-0.2, -0.15) is 5.26 Å². The molecule has 1 aliphatic carbocycles. The van der Waals surface area contributed by atoms with Crippen LogP contribution in [-0.4, -0.2) is 46.5 Å². The Bertz CT molecular complexity index is 934. The summed E-state index contributed by atoms with van der Waals surface area (Å²) in [6.07, 6.45) is 0. The van der Waals surface area contributed by atoms with Crippen molar-refractivity contribution in [3.05, 3.63) is 30.3 Å². The second-order valence-electron chi connectivity index (χ2n) is 10.5. The van der Waals surface area contributed by atoms with Gasteiger partial charge in [-0.05, 0) is 53.9 Å². The van der Waals surface area contributed by atoms with Crippen molar-refractivity contribution < 1.29 is 9.59 Å². The molecule has 1 heterocycles. The van der Waals surface area contributed by atoms with Gasteiger partial charge in [0.25, 0.3) is 0 Å². The summed E-state index contributed by atoms with van der Waals surface area (Å²) in [5.74, 6) is -0.0486. The molecule has 0 radical (unpaired) electrons. The number of nitrogens with one attached hydrogen (secondary N) is 3. The van der Waals surface area contributed by atoms with Crippen LogP contribution in [0.3, 0.4) is 0 Å². The maximum absolute atomic E-state index is 13.8. The highest BCUT2D eigenvalue weighted by Gasteiger charge is 2.69. The number of hydrogen-bond donors (Lipinski definition) is 3. The first-order valence-corrected chi connectivity index (χ1v) is 11.4. The van der Waals surface area contributed by atoms with Gasteiger partial charge in [-0.3, -0.25) is 9.59 Å². The molecule has 1 saturated heterocycles. The number of fused-ring (bicyclic) bond motifs is 1. The monoisotopic (exact) mass is 455 g/mol. The third kappa shape index (κ3) is 4.73. The van der Waals surface area contributed by atoms with Crippen molar-refractivity contribution in [2.45, 2.75) is 59.7 Å². The van der Waals surface area contributed by atoms with Gasteiger partial charge < -0.3 is 20.9 Å². The number of para-hydroxylation sites is 1. The van der Waals surface area contributed by atoms with E-state index in [0.717, 1.165) is 5.69 Å². The fraction of sp³-hybridized carbons (Fsp3) is 0.583. The number of benzene rings is 1. The van der Waals surface area contributed by atoms with E-state index in [9.17, 15) is 9.59 Å². The van der Waals surface area contributed by atoms with Gasteiger partial charge in [-0.25, -0.2) is 0 Å². The number of anilines is 1. The van der Waals surface area contributed by atoms with Crippen LogP contribution in [0.1, 0.15) is 41.5 Å². The molecule has 2 fully saturated rings. The highest BCUT2D eigenvalue weighted by molar-refractivity contribution is 7.80. The lowest BCUT2D eigenvalue weighted by Crippen LogP contribution is -2.60. The van der Waals surface area contributed by atoms with E-state index < -0.39 is 23.5 Å². The zero-order chi connectivity index (χ0) is 23.8. The Morgan fingerprint density at radius 1 is 1.22 bits per heavy atom. The summed E-state index contributed by atoms with van der Waals surface area (Å²) in [7, 11) is 0. The topological polar surface area (TPSA) is 97.3 Å². The molecule has 0 unspecified atom stereocenters. The SMILES string of the molecule is C[C@@H](C#N)NC(=O)[C@@H]1[C@@H]2[C@H](CN1C(=O)[C@@H](NC(=S)Nc1ccccc1)C(C)(C)C)C2(C)C. The quantitative estimate of drug-likeness (QED) is 0.591.